The van der Waals surface area contributed by atoms with Crippen LogP contribution in [0, 0.1) is 0 Å². The first kappa shape index (κ1) is 25.1. The van der Waals surface area contributed by atoms with Gasteiger partial charge in [-0.25, -0.2) is 0 Å². The highest BCUT2D eigenvalue weighted by atomic mass is 35.5. The minimum atomic E-state index is -0.108. The van der Waals surface area contributed by atoms with Crippen LogP contribution in [0.3, 0.4) is 0 Å². The van der Waals surface area contributed by atoms with Crippen LogP contribution in [0.1, 0.15) is 26.3 Å². The first-order valence-electron chi connectivity index (χ1n) is 12.0. The topological polar surface area (TPSA) is 59.8 Å². The molecule has 7 heteroatoms. The number of nitrogens with zero attached hydrogens (tertiary/aromatic N) is 3. The van der Waals surface area contributed by atoms with Crippen molar-refractivity contribution in [3.05, 3.63) is 102 Å². The van der Waals surface area contributed by atoms with Crippen molar-refractivity contribution in [2.75, 3.05) is 11.1 Å². The van der Waals surface area contributed by atoms with E-state index in [1.165, 1.54) is 17.3 Å². The van der Waals surface area contributed by atoms with Crippen molar-refractivity contribution in [3.63, 3.8) is 0 Å². The fourth-order valence-electron chi connectivity index (χ4n) is 4.14. The van der Waals surface area contributed by atoms with E-state index in [9.17, 15) is 4.79 Å². The van der Waals surface area contributed by atoms with Crippen LogP contribution in [-0.2, 0) is 10.2 Å². The molecule has 0 saturated heterocycles. The Balaban J connectivity index is 1.42. The Bertz CT molecular complexity index is 1550. The molecule has 1 heterocycles. The molecule has 0 aliphatic rings. The zero-order valence-electron chi connectivity index (χ0n) is 20.9. The summed E-state index contributed by atoms with van der Waals surface area (Å²) in [4.78, 5) is 12.9. The van der Waals surface area contributed by atoms with Crippen molar-refractivity contribution < 1.29 is 4.79 Å². The largest absolute Gasteiger partial charge is 0.325 e. The number of carbonyl (C=O) groups excluding carboxylic acids is 1. The molecular formula is C30H27ClN4OS. The number of anilines is 1. The number of amides is 1. The van der Waals surface area contributed by atoms with Gasteiger partial charge in [0.05, 0.1) is 5.75 Å². The van der Waals surface area contributed by atoms with E-state index >= 15 is 0 Å². The average Bonchev–Trinajstić information content (AvgIpc) is 3.32. The predicted molar refractivity (Wildman–Crippen MR) is 154 cm³/mol. The maximum absolute atomic E-state index is 12.9. The van der Waals surface area contributed by atoms with Crippen LogP contribution in [-0.4, -0.2) is 26.4 Å². The number of aromatic nitrogens is 3. The molecule has 5 nitrogen and oxygen atoms in total. The van der Waals surface area contributed by atoms with Gasteiger partial charge in [-0.15, -0.1) is 10.2 Å². The number of benzene rings is 4. The SMILES string of the molecule is CC(C)(C)c1ccc(-c2nnc(SCC(=O)Nc3cccc4ccccc34)n2-c2ccc(Cl)cc2)cc1. The molecule has 5 aromatic rings. The van der Waals surface area contributed by atoms with Gasteiger partial charge in [-0.05, 0) is 46.7 Å². The lowest BCUT2D eigenvalue weighted by Crippen LogP contribution is -2.14. The number of rotatable bonds is 6. The van der Waals surface area contributed by atoms with E-state index in [0.29, 0.717) is 16.0 Å². The monoisotopic (exact) mass is 526 g/mol. The Morgan fingerprint density at radius 3 is 2.32 bits per heavy atom. The highest BCUT2D eigenvalue weighted by Gasteiger charge is 2.19. The summed E-state index contributed by atoms with van der Waals surface area (Å²) < 4.78 is 1.97. The highest BCUT2D eigenvalue weighted by molar-refractivity contribution is 7.99. The van der Waals surface area contributed by atoms with Gasteiger partial charge in [0.2, 0.25) is 5.91 Å². The van der Waals surface area contributed by atoms with Gasteiger partial charge in [0.25, 0.3) is 0 Å². The summed E-state index contributed by atoms with van der Waals surface area (Å²) in [6, 6.07) is 29.8. The average molecular weight is 527 g/mol. The van der Waals surface area contributed by atoms with Crippen LogP contribution < -0.4 is 5.32 Å². The minimum Gasteiger partial charge on any atom is -0.325 e. The Morgan fingerprint density at radius 2 is 1.59 bits per heavy atom. The zero-order chi connectivity index (χ0) is 26.0. The first-order valence-corrected chi connectivity index (χ1v) is 13.4. The molecule has 1 N–H and O–H groups in total. The Morgan fingerprint density at radius 1 is 0.892 bits per heavy atom. The third kappa shape index (κ3) is 5.55. The van der Waals surface area contributed by atoms with E-state index in [-0.39, 0.29) is 17.1 Å². The van der Waals surface area contributed by atoms with Crippen LogP contribution >= 0.6 is 23.4 Å². The molecule has 0 spiro atoms. The lowest BCUT2D eigenvalue weighted by molar-refractivity contribution is -0.113. The van der Waals surface area contributed by atoms with E-state index in [2.05, 4.69) is 60.6 Å². The van der Waals surface area contributed by atoms with E-state index in [4.69, 9.17) is 11.6 Å². The summed E-state index contributed by atoms with van der Waals surface area (Å²) in [5.41, 5.74) is 3.92. The summed E-state index contributed by atoms with van der Waals surface area (Å²) in [5.74, 6) is 0.792. The van der Waals surface area contributed by atoms with E-state index in [1.54, 1.807) is 0 Å². The van der Waals surface area contributed by atoms with Crippen molar-refractivity contribution in [1.29, 1.82) is 0 Å². The van der Waals surface area contributed by atoms with Gasteiger partial charge in [-0.3, -0.25) is 9.36 Å². The molecule has 0 aliphatic heterocycles. The molecule has 1 amide bonds. The van der Waals surface area contributed by atoms with Crippen LogP contribution in [0.5, 0.6) is 0 Å². The summed E-state index contributed by atoms with van der Waals surface area (Å²) >= 11 is 7.50. The molecule has 5 rings (SSSR count). The van der Waals surface area contributed by atoms with Crippen LogP contribution in [0.2, 0.25) is 5.02 Å². The van der Waals surface area contributed by atoms with Crippen molar-refractivity contribution in [1.82, 2.24) is 14.8 Å². The summed E-state index contributed by atoms with van der Waals surface area (Å²) in [5, 5.41) is 15.4. The van der Waals surface area contributed by atoms with Gasteiger partial charge in [0.1, 0.15) is 0 Å². The number of carbonyl (C=O) groups is 1. The van der Waals surface area contributed by atoms with Gasteiger partial charge in [-0.1, -0.05) is 105 Å². The van der Waals surface area contributed by atoms with Gasteiger partial charge in [0.15, 0.2) is 11.0 Å². The lowest BCUT2D eigenvalue weighted by atomic mass is 9.87. The third-order valence-electron chi connectivity index (χ3n) is 6.12. The second-order valence-corrected chi connectivity index (χ2v) is 11.2. The molecule has 4 aromatic carbocycles. The minimum absolute atomic E-state index is 0.0564. The normalized spacial score (nSPS) is 11.6. The molecule has 0 saturated carbocycles. The molecule has 37 heavy (non-hydrogen) atoms. The Hall–Kier alpha value is -3.61. The maximum atomic E-state index is 12.9. The summed E-state index contributed by atoms with van der Waals surface area (Å²) in [6.07, 6.45) is 0. The standard InChI is InChI=1S/C30H27ClN4OS/c1-30(2,3)22-13-11-21(12-14-22)28-33-34-29(35(28)24-17-15-23(31)16-18-24)37-19-27(36)32-26-10-6-8-20-7-4-5-9-25(20)26/h4-18H,19H2,1-3H3,(H,32,36). The molecular weight excluding hydrogens is 500 g/mol. The number of thioether (sulfide) groups is 1. The molecule has 1 aromatic heterocycles. The van der Waals surface area contributed by atoms with Gasteiger partial charge in [-0.2, -0.15) is 0 Å². The molecule has 0 fully saturated rings. The number of hydrogen-bond donors (Lipinski definition) is 1. The van der Waals surface area contributed by atoms with E-state index in [0.717, 1.165) is 27.7 Å². The van der Waals surface area contributed by atoms with Crippen LogP contribution in [0.4, 0.5) is 5.69 Å². The highest BCUT2D eigenvalue weighted by Crippen LogP contribution is 2.31. The Labute approximate surface area is 225 Å². The quantitative estimate of drug-likeness (QED) is 0.229. The molecule has 0 radical (unpaired) electrons. The number of nitrogens with one attached hydrogen (secondary N) is 1. The number of halogens is 1. The van der Waals surface area contributed by atoms with E-state index < -0.39 is 0 Å². The van der Waals surface area contributed by atoms with Crippen molar-refractivity contribution in [2.45, 2.75) is 31.3 Å². The van der Waals surface area contributed by atoms with Crippen molar-refractivity contribution in [3.8, 4) is 17.1 Å². The number of fused-ring (bicyclic) bond motifs is 1. The van der Waals surface area contributed by atoms with Crippen molar-refractivity contribution in [2.24, 2.45) is 0 Å². The van der Waals surface area contributed by atoms with Gasteiger partial charge >= 0.3 is 0 Å². The first-order chi connectivity index (χ1) is 17.8. The molecule has 0 aliphatic carbocycles. The lowest BCUT2D eigenvalue weighted by Gasteiger charge is -2.19. The molecule has 0 unspecified atom stereocenters. The second-order valence-electron chi connectivity index (χ2n) is 9.81. The fraction of sp³-hybridized carbons (Fsp3) is 0.167. The molecule has 0 bridgehead atoms. The van der Waals surface area contributed by atoms with E-state index in [1.807, 2.05) is 71.3 Å². The second kappa shape index (κ2) is 10.4. The smallest absolute Gasteiger partial charge is 0.234 e. The Kier molecular flexibility index (Phi) is 7.04. The molecule has 0 atom stereocenters. The molecule has 186 valence electrons. The summed E-state index contributed by atoms with van der Waals surface area (Å²) in [7, 11) is 0. The fourth-order valence-corrected chi connectivity index (χ4v) is 5.02. The summed E-state index contributed by atoms with van der Waals surface area (Å²) in [6.45, 7) is 6.57. The van der Waals surface area contributed by atoms with Crippen molar-refractivity contribution >= 4 is 45.7 Å². The third-order valence-corrected chi connectivity index (χ3v) is 7.30. The van der Waals surface area contributed by atoms with Gasteiger partial charge < -0.3 is 5.32 Å². The van der Waals surface area contributed by atoms with Gasteiger partial charge in [0, 0.05) is 27.3 Å². The van der Waals surface area contributed by atoms with Crippen LogP contribution in [0.25, 0.3) is 27.8 Å². The number of hydrogen-bond acceptors (Lipinski definition) is 4. The predicted octanol–water partition coefficient (Wildman–Crippen LogP) is 7.77. The van der Waals surface area contributed by atoms with Crippen LogP contribution in [0.15, 0.2) is 96.2 Å². The zero-order valence-corrected chi connectivity index (χ0v) is 22.5. The maximum Gasteiger partial charge on any atom is 0.234 e.